The third-order valence-electron chi connectivity index (χ3n) is 9.41. The van der Waals surface area contributed by atoms with E-state index in [1.54, 1.807) is 0 Å². The van der Waals surface area contributed by atoms with Crippen LogP contribution >= 0.6 is 0 Å². The molecule has 0 saturated heterocycles. The lowest BCUT2D eigenvalue weighted by Crippen LogP contribution is -2.55. The lowest BCUT2D eigenvalue weighted by atomic mass is 9.66. The van der Waals surface area contributed by atoms with Crippen molar-refractivity contribution in [3.05, 3.63) is 0 Å². The van der Waals surface area contributed by atoms with E-state index in [1.807, 2.05) is 0 Å². The molecule has 0 aliphatic heterocycles. The minimum atomic E-state index is -1.42. The molecule has 328 valence electrons. The molecule has 8 atom stereocenters. The van der Waals surface area contributed by atoms with Crippen molar-refractivity contribution >= 4 is 47.0 Å². The van der Waals surface area contributed by atoms with Crippen molar-refractivity contribution in [2.45, 2.75) is 125 Å². The SMILES string of the molecule is NC(N)=NCCC[C@H](N)C(=O)C(N)CC(CC(N)C(=O)[C@@H](N)CCCN=C(N)N)(CC(N)C(=O)[C@@H](N)CCCN=C(N)N)CC(N)C(=O)[C@@H](N)CCCN=C(N)N. The summed E-state index contributed by atoms with van der Waals surface area (Å²) >= 11 is 0. The molecule has 0 aliphatic carbocycles. The summed E-state index contributed by atoms with van der Waals surface area (Å²) in [5.74, 6) is -2.66. The average Bonchev–Trinajstić information content (AvgIpc) is 3.12. The molecule has 0 aromatic heterocycles. The number of aliphatic imine (C=N–C) groups is 4. The average molecular weight is 813 g/mol. The topological polar surface area (TPSA) is 534 Å². The Bertz CT molecular complexity index is 1170. The molecule has 0 bridgehead atoms. The molecule has 4 unspecified atom stereocenters. The minimum Gasteiger partial charge on any atom is -0.370 e. The summed E-state index contributed by atoms with van der Waals surface area (Å²) in [6.07, 6.45) is 1.23. The van der Waals surface area contributed by atoms with Crippen molar-refractivity contribution in [1.29, 1.82) is 0 Å². The van der Waals surface area contributed by atoms with Gasteiger partial charge in [0.25, 0.3) is 0 Å². The van der Waals surface area contributed by atoms with Gasteiger partial charge in [-0.2, -0.15) is 0 Å². The third-order valence-corrected chi connectivity index (χ3v) is 9.41. The fourth-order valence-corrected chi connectivity index (χ4v) is 6.51. The van der Waals surface area contributed by atoms with Gasteiger partial charge in [-0.1, -0.05) is 0 Å². The molecule has 0 saturated carbocycles. The zero-order valence-corrected chi connectivity index (χ0v) is 33.1. The first-order chi connectivity index (χ1) is 26.5. The minimum absolute atomic E-state index is 0.116. The molecule has 0 aliphatic rings. The standard InChI is InChI=1S/C33H72N20O4/c34-17(5-1-9-50-29(42)43)25(54)21(38)13-33(14-22(39)26(55)18(35)6-2-10-51-30(44)45,15-23(40)27(56)19(36)7-3-11-52-31(46)47)16-24(41)28(57)20(37)8-4-12-53-32(48)49/h17-24H,1-16,34-41H2,(H4,42,43,50)(H4,44,45,51)(H4,46,47,52)(H4,48,49,53)/t17-,18-,19-,20-,21?,22?,23?,24?,33?/m0/s1. The van der Waals surface area contributed by atoms with Crippen LogP contribution in [-0.4, -0.2) is 121 Å². The second-order valence-corrected chi connectivity index (χ2v) is 14.6. The maximum atomic E-state index is 13.6. The van der Waals surface area contributed by atoms with E-state index in [1.165, 1.54) is 0 Å². The van der Waals surface area contributed by atoms with Gasteiger partial charge in [0.15, 0.2) is 47.0 Å². The molecule has 0 fully saturated rings. The van der Waals surface area contributed by atoms with Crippen LogP contribution in [0.1, 0.15) is 77.0 Å². The Morgan fingerprint density at radius 2 is 0.509 bits per heavy atom. The number of carbonyl (C=O) groups excluding carboxylic acids is 4. The molecule has 0 radical (unpaired) electrons. The molecule has 0 rings (SSSR count). The monoisotopic (exact) mass is 813 g/mol. The highest BCUT2D eigenvalue weighted by atomic mass is 16.1. The molecule has 0 aromatic carbocycles. The summed E-state index contributed by atoms with van der Waals surface area (Å²) in [7, 11) is 0. The van der Waals surface area contributed by atoms with Gasteiger partial charge in [-0.25, -0.2) is 0 Å². The van der Waals surface area contributed by atoms with Gasteiger partial charge in [0.05, 0.1) is 48.3 Å². The Morgan fingerprint density at radius 3 is 0.667 bits per heavy atom. The van der Waals surface area contributed by atoms with E-state index in [4.69, 9.17) is 91.7 Å². The van der Waals surface area contributed by atoms with Crippen LogP contribution in [0, 0.1) is 5.41 Å². The predicted octanol–water partition coefficient (Wildman–Crippen LogP) is -7.36. The van der Waals surface area contributed by atoms with Crippen molar-refractivity contribution < 1.29 is 19.2 Å². The maximum absolute atomic E-state index is 13.6. The van der Waals surface area contributed by atoms with Gasteiger partial charge in [0, 0.05) is 26.2 Å². The largest absolute Gasteiger partial charge is 0.370 e. The van der Waals surface area contributed by atoms with E-state index in [9.17, 15) is 19.2 Å². The zero-order valence-electron chi connectivity index (χ0n) is 33.1. The van der Waals surface area contributed by atoms with Crippen LogP contribution in [0.25, 0.3) is 0 Å². The number of rotatable bonds is 32. The molecule has 24 nitrogen and oxygen atoms in total. The highest BCUT2D eigenvalue weighted by Gasteiger charge is 2.43. The molecule has 0 heterocycles. The zero-order chi connectivity index (χ0) is 43.9. The number of guanidine groups is 4. The van der Waals surface area contributed by atoms with Gasteiger partial charge in [0.1, 0.15) is 0 Å². The van der Waals surface area contributed by atoms with E-state index in [-0.39, 0.29) is 101 Å². The summed E-state index contributed by atoms with van der Waals surface area (Å²) in [6.45, 7) is 0.881. The van der Waals surface area contributed by atoms with E-state index in [0.29, 0.717) is 25.7 Å². The number of Topliss-reactive ketones (excluding diaryl/α,β-unsaturated/α-hetero) is 4. The van der Waals surface area contributed by atoms with Crippen molar-refractivity contribution in [1.82, 2.24) is 0 Å². The Morgan fingerprint density at radius 1 is 0.333 bits per heavy atom. The van der Waals surface area contributed by atoms with E-state index < -0.39 is 76.9 Å². The Kier molecular flexibility index (Phi) is 25.0. The van der Waals surface area contributed by atoms with Gasteiger partial charge in [-0.05, 0) is 82.5 Å². The number of hydrogen-bond acceptors (Lipinski definition) is 16. The first-order valence-electron chi connectivity index (χ1n) is 18.9. The van der Waals surface area contributed by atoms with Crippen molar-refractivity contribution in [2.24, 2.45) is 117 Å². The van der Waals surface area contributed by atoms with Crippen LogP contribution in [0.2, 0.25) is 0 Å². The fraction of sp³-hybridized carbons (Fsp3) is 0.758. The lowest BCUT2D eigenvalue weighted by molar-refractivity contribution is -0.124. The van der Waals surface area contributed by atoms with E-state index >= 15 is 0 Å². The summed E-state index contributed by atoms with van der Waals surface area (Å²) < 4.78 is 0. The molecule has 24 heteroatoms. The summed E-state index contributed by atoms with van der Waals surface area (Å²) in [4.78, 5) is 70.2. The highest BCUT2D eigenvalue weighted by Crippen LogP contribution is 2.40. The Hall–Kier alpha value is -4.56. The lowest BCUT2D eigenvalue weighted by Gasteiger charge is -2.41. The van der Waals surface area contributed by atoms with Crippen molar-refractivity contribution in [2.75, 3.05) is 26.2 Å². The van der Waals surface area contributed by atoms with Crippen LogP contribution in [0.5, 0.6) is 0 Å². The molecule has 0 aromatic rings. The number of nitrogens with zero attached hydrogens (tertiary/aromatic N) is 4. The van der Waals surface area contributed by atoms with Crippen LogP contribution in [0.4, 0.5) is 0 Å². The second-order valence-electron chi connectivity index (χ2n) is 14.6. The molecular formula is C33H72N20O4. The number of hydrogen-bond donors (Lipinski definition) is 16. The first-order valence-corrected chi connectivity index (χ1v) is 18.9. The summed E-state index contributed by atoms with van der Waals surface area (Å²) in [6, 6.07) is -9.30. The highest BCUT2D eigenvalue weighted by molar-refractivity contribution is 5.91. The van der Waals surface area contributed by atoms with Crippen molar-refractivity contribution in [3.63, 3.8) is 0 Å². The van der Waals surface area contributed by atoms with E-state index in [0.717, 1.165) is 0 Å². The molecule has 32 N–H and O–H groups in total. The fourth-order valence-electron chi connectivity index (χ4n) is 6.51. The molecule has 57 heavy (non-hydrogen) atoms. The van der Waals surface area contributed by atoms with Crippen molar-refractivity contribution in [3.8, 4) is 0 Å². The smallest absolute Gasteiger partial charge is 0.185 e. The van der Waals surface area contributed by atoms with Gasteiger partial charge >= 0.3 is 0 Å². The molecular weight excluding hydrogens is 740 g/mol. The quantitative estimate of drug-likeness (QED) is 0.0170. The van der Waals surface area contributed by atoms with Gasteiger partial charge in [-0.3, -0.25) is 39.1 Å². The van der Waals surface area contributed by atoms with E-state index in [2.05, 4.69) is 20.0 Å². The summed E-state index contributed by atoms with van der Waals surface area (Å²) in [5, 5.41) is 0. The Labute approximate surface area is 334 Å². The number of nitrogens with two attached hydrogens (primary N) is 16. The second kappa shape index (κ2) is 27.1. The van der Waals surface area contributed by atoms with Gasteiger partial charge in [0.2, 0.25) is 0 Å². The number of carbonyl (C=O) groups is 4. The van der Waals surface area contributed by atoms with Crippen LogP contribution < -0.4 is 91.7 Å². The molecule has 0 spiro atoms. The maximum Gasteiger partial charge on any atom is 0.185 e. The predicted molar refractivity (Wildman–Crippen MR) is 224 cm³/mol. The van der Waals surface area contributed by atoms with Gasteiger partial charge in [-0.15, -0.1) is 0 Å². The summed E-state index contributed by atoms with van der Waals surface area (Å²) in [5.41, 5.74) is 92.9. The number of ketones is 4. The van der Waals surface area contributed by atoms with Crippen LogP contribution in [0.15, 0.2) is 20.0 Å². The first kappa shape index (κ1) is 52.4. The molecule has 0 amide bonds. The third kappa shape index (κ3) is 22.1. The normalized spacial score (nSPS) is 16.6. The van der Waals surface area contributed by atoms with Crippen LogP contribution in [-0.2, 0) is 19.2 Å². The Balaban J connectivity index is 6.87. The van der Waals surface area contributed by atoms with Gasteiger partial charge < -0.3 is 91.7 Å². The van der Waals surface area contributed by atoms with Crippen LogP contribution in [0.3, 0.4) is 0 Å².